The molecular weight excluding hydrogens is 155 g/mol. The van der Waals surface area contributed by atoms with E-state index in [9.17, 15) is 0 Å². The van der Waals surface area contributed by atoms with Crippen LogP contribution in [0.25, 0.3) is 6.08 Å². The molecule has 0 aliphatic heterocycles. The fraction of sp³-hybridized carbons (Fsp3) is 0.333. The second-order valence-corrected chi connectivity index (χ2v) is 1.87. The van der Waals surface area contributed by atoms with Gasteiger partial charge in [0.05, 0.1) is 0 Å². The van der Waals surface area contributed by atoms with Crippen LogP contribution in [-0.2, 0) is 0 Å². The maximum Gasteiger partial charge on any atom is 0.113 e. The molecule has 1 heteroatoms. The first-order valence-electron chi connectivity index (χ1n) is 4.81. The molecule has 0 fully saturated rings. The van der Waals surface area contributed by atoms with Crippen molar-refractivity contribution in [2.75, 3.05) is 0 Å². The van der Waals surface area contributed by atoms with Gasteiger partial charge in [-0.2, -0.15) is 0 Å². The van der Waals surface area contributed by atoms with Crippen LogP contribution < -0.4 is 5.46 Å². The van der Waals surface area contributed by atoms with Gasteiger partial charge in [-0.1, -0.05) is 70.1 Å². The summed E-state index contributed by atoms with van der Waals surface area (Å²) < 4.78 is 0. The van der Waals surface area contributed by atoms with Gasteiger partial charge in [0.25, 0.3) is 0 Å². The smallest absolute Gasteiger partial charge is 0.0985 e. The molecule has 1 rings (SSSR count). The molecule has 0 aliphatic carbocycles. The van der Waals surface area contributed by atoms with E-state index in [1.165, 1.54) is 0 Å². The molecule has 70 valence electrons. The topological polar surface area (TPSA) is 0 Å². The Bertz CT molecular complexity index is 216. The van der Waals surface area contributed by atoms with Crippen molar-refractivity contribution in [1.29, 1.82) is 0 Å². The SMILES string of the molecule is CC.CC.[B]c1cccc(C=C)c1. The van der Waals surface area contributed by atoms with Crippen LogP contribution in [-0.4, -0.2) is 7.85 Å². The number of benzene rings is 1. The summed E-state index contributed by atoms with van der Waals surface area (Å²) in [6.07, 6.45) is 1.77. The average molecular weight is 174 g/mol. The van der Waals surface area contributed by atoms with Crippen LogP contribution in [0.4, 0.5) is 0 Å². The van der Waals surface area contributed by atoms with E-state index in [1.54, 1.807) is 6.08 Å². The largest absolute Gasteiger partial charge is 0.113 e. The summed E-state index contributed by atoms with van der Waals surface area (Å²) in [4.78, 5) is 0. The van der Waals surface area contributed by atoms with Gasteiger partial charge in [0.1, 0.15) is 7.85 Å². The number of hydrogen-bond acceptors (Lipinski definition) is 0. The normalized spacial score (nSPS) is 7.08. The average Bonchev–Trinajstić information content (AvgIpc) is 2.24. The zero-order valence-electron chi connectivity index (χ0n) is 9.17. The van der Waals surface area contributed by atoms with Gasteiger partial charge >= 0.3 is 0 Å². The molecule has 0 N–H and O–H groups in total. The molecule has 0 saturated carbocycles. The first-order valence-corrected chi connectivity index (χ1v) is 4.81. The standard InChI is InChI=1S/C8H7B.2C2H6/c1-2-7-4-3-5-8(9)6-7;2*1-2/h2-6H,1H2;2*1-2H3. The summed E-state index contributed by atoms with van der Waals surface area (Å²) in [6.45, 7) is 11.6. The highest BCUT2D eigenvalue weighted by Crippen LogP contribution is 1.95. The summed E-state index contributed by atoms with van der Waals surface area (Å²) in [5.74, 6) is 0. The Morgan fingerprint density at radius 2 is 1.69 bits per heavy atom. The Hall–Kier alpha value is -0.975. The fourth-order valence-electron chi connectivity index (χ4n) is 0.686. The van der Waals surface area contributed by atoms with Crippen molar-refractivity contribution >= 4 is 19.4 Å². The van der Waals surface area contributed by atoms with Crippen LogP contribution in [0.1, 0.15) is 33.3 Å². The molecule has 2 radical (unpaired) electrons. The van der Waals surface area contributed by atoms with Gasteiger partial charge in [0.15, 0.2) is 0 Å². The summed E-state index contributed by atoms with van der Waals surface area (Å²) in [5, 5.41) is 0. The summed E-state index contributed by atoms with van der Waals surface area (Å²) in [5.41, 5.74) is 1.85. The van der Waals surface area contributed by atoms with Crippen LogP contribution in [0.5, 0.6) is 0 Å². The van der Waals surface area contributed by atoms with Crippen molar-refractivity contribution in [1.82, 2.24) is 0 Å². The van der Waals surface area contributed by atoms with Gasteiger partial charge in [-0.25, -0.2) is 0 Å². The molecule has 13 heavy (non-hydrogen) atoms. The van der Waals surface area contributed by atoms with Gasteiger partial charge in [-0.15, -0.1) is 0 Å². The molecular formula is C12H19B. The minimum atomic E-state index is 0.785. The van der Waals surface area contributed by atoms with Crippen molar-refractivity contribution in [3.63, 3.8) is 0 Å². The molecule has 0 unspecified atom stereocenters. The zero-order chi connectivity index (χ0) is 10.7. The van der Waals surface area contributed by atoms with E-state index in [0.717, 1.165) is 11.0 Å². The van der Waals surface area contributed by atoms with E-state index >= 15 is 0 Å². The Morgan fingerprint density at radius 1 is 1.15 bits per heavy atom. The highest BCUT2D eigenvalue weighted by Gasteiger charge is 1.82. The minimum Gasteiger partial charge on any atom is -0.0985 e. The molecule has 0 saturated heterocycles. The lowest BCUT2D eigenvalue weighted by Gasteiger charge is -1.92. The van der Waals surface area contributed by atoms with E-state index in [0.29, 0.717) is 0 Å². The predicted octanol–water partition coefficient (Wildman–Crippen LogP) is 3.18. The van der Waals surface area contributed by atoms with E-state index in [2.05, 4.69) is 6.58 Å². The lowest BCUT2D eigenvalue weighted by atomic mass is 9.95. The third-order valence-corrected chi connectivity index (χ3v) is 1.15. The molecule has 0 atom stereocenters. The molecule has 0 amide bonds. The van der Waals surface area contributed by atoms with Crippen LogP contribution in [0, 0.1) is 0 Å². The third kappa shape index (κ3) is 7.39. The first-order chi connectivity index (χ1) is 6.33. The van der Waals surface area contributed by atoms with Crippen LogP contribution in [0.15, 0.2) is 30.8 Å². The van der Waals surface area contributed by atoms with E-state index in [-0.39, 0.29) is 0 Å². The summed E-state index contributed by atoms with van der Waals surface area (Å²) >= 11 is 0. The van der Waals surface area contributed by atoms with E-state index in [4.69, 9.17) is 7.85 Å². The van der Waals surface area contributed by atoms with Gasteiger partial charge in [0.2, 0.25) is 0 Å². The maximum absolute atomic E-state index is 5.49. The monoisotopic (exact) mass is 174 g/mol. The molecule has 0 aliphatic rings. The Kier molecular flexibility index (Phi) is 12.3. The van der Waals surface area contributed by atoms with Crippen molar-refractivity contribution in [3.8, 4) is 0 Å². The van der Waals surface area contributed by atoms with Crippen LogP contribution in [0.3, 0.4) is 0 Å². The van der Waals surface area contributed by atoms with E-state index in [1.807, 2.05) is 52.0 Å². The number of rotatable bonds is 1. The lowest BCUT2D eigenvalue weighted by molar-refractivity contribution is 1.50. The van der Waals surface area contributed by atoms with E-state index < -0.39 is 0 Å². The van der Waals surface area contributed by atoms with Gasteiger partial charge in [-0.05, 0) is 5.56 Å². The Morgan fingerprint density at radius 3 is 2.00 bits per heavy atom. The van der Waals surface area contributed by atoms with Gasteiger partial charge in [0, 0.05) is 0 Å². The second-order valence-electron chi connectivity index (χ2n) is 1.87. The van der Waals surface area contributed by atoms with Crippen molar-refractivity contribution in [3.05, 3.63) is 36.4 Å². The van der Waals surface area contributed by atoms with Crippen molar-refractivity contribution in [2.45, 2.75) is 27.7 Å². The maximum atomic E-state index is 5.49. The summed E-state index contributed by atoms with van der Waals surface area (Å²) in [7, 11) is 5.49. The fourth-order valence-corrected chi connectivity index (χ4v) is 0.686. The molecule has 0 spiro atoms. The second kappa shape index (κ2) is 11.0. The Labute approximate surface area is 84.1 Å². The molecule has 1 aromatic rings. The zero-order valence-corrected chi connectivity index (χ0v) is 9.17. The van der Waals surface area contributed by atoms with Crippen molar-refractivity contribution < 1.29 is 0 Å². The molecule has 0 heterocycles. The Balaban J connectivity index is 0. The highest BCUT2D eigenvalue weighted by atomic mass is 13.9. The molecule has 0 aromatic heterocycles. The van der Waals surface area contributed by atoms with Gasteiger partial charge < -0.3 is 0 Å². The minimum absolute atomic E-state index is 0.785. The van der Waals surface area contributed by atoms with Gasteiger partial charge in [-0.3, -0.25) is 0 Å². The third-order valence-electron chi connectivity index (χ3n) is 1.15. The highest BCUT2D eigenvalue weighted by molar-refractivity contribution is 6.32. The lowest BCUT2D eigenvalue weighted by Crippen LogP contribution is -1.99. The molecule has 0 nitrogen and oxygen atoms in total. The first kappa shape index (κ1) is 14.5. The quantitative estimate of drug-likeness (QED) is 0.573. The molecule has 1 aromatic carbocycles. The van der Waals surface area contributed by atoms with Crippen LogP contribution in [0.2, 0.25) is 0 Å². The summed E-state index contributed by atoms with van der Waals surface area (Å²) in [6, 6.07) is 7.61. The number of hydrogen-bond donors (Lipinski definition) is 0. The predicted molar refractivity (Wildman–Crippen MR) is 64.6 cm³/mol. The van der Waals surface area contributed by atoms with Crippen molar-refractivity contribution in [2.24, 2.45) is 0 Å². The van der Waals surface area contributed by atoms with Crippen LogP contribution >= 0.6 is 0 Å². The molecule has 0 bridgehead atoms.